The minimum Gasteiger partial charge on any atom is -0.504 e. The molecule has 18 heavy (non-hydrogen) atoms. The summed E-state index contributed by atoms with van der Waals surface area (Å²) < 4.78 is 1.66. The predicted molar refractivity (Wildman–Crippen MR) is 66.8 cm³/mol. The molecule has 0 amide bonds. The van der Waals surface area contributed by atoms with E-state index in [4.69, 9.17) is 0 Å². The Hall–Kier alpha value is -2.69. The molecule has 3 heterocycles. The third-order valence-electron chi connectivity index (χ3n) is 2.69. The summed E-state index contributed by atoms with van der Waals surface area (Å²) in [6, 6.07) is 6.33. The maximum Gasteiger partial charge on any atom is 0.190 e. The average molecular weight is 239 g/mol. The van der Waals surface area contributed by atoms with Crippen LogP contribution in [0.4, 0.5) is 0 Å². The molecular weight excluding hydrogens is 230 g/mol. The van der Waals surface area contributed by atoms with Gasteiger partial charge in [0.15, 0.2) is 17.0 Å². The second-order valence-electron chi connectivity index (χ2n) is 3.79. The molecule has 88 valence electrons. The van der Waals surface area contributed by atoms with Crippen LogP contribution >= 0.6 is 0 Å². The van der Waals surface area contributed by atoms with Crippen molar-refractivity contribution in [2.24, 2.45) is 0 Å². The summed E-state index contributed by atoms with van der Waals surface area (Å²) in [6.07, 6.45) is 6.28. The maximum absolute atomic E-state index is 11.7. The van der Waals surface area contributed by atoms with Gasteiger partial charge in [0.25, 0.3) is 0 Å². The molecule has 3 rings (SSSR count). The van der Waals surface area contributed by atoms with Crippen LogP contribution in [-0.2, 0) is 0 Å². The molecule has 0 spiro atoms. The Bertz CT molecular complexity index is 780. The van der Waals surface area contributed by atoms with Gasteiger partial charge < -0.3 is 5.11 Å². The van der Waals surface area contributed by atoms with Gasteiger partial charge in [-0.2, -0.15) is 0 Å². The van der Waals surface area contributed by atoms with Crippen molar-refractivity contribution in [2.75, 3.05) is 0 Å². The predicted octanol–water partition coefficient (Wildman–Crippen LogP) is 1.49. The van der Waals surface area contributed by atoms with Crippen molar-refractivity contribution in [3.8, 4) is 11.6 Å². The molecule has 0 saturated carbocycles. The van der Waals surface area contributed by atoms with Crippen LogP contribution in [0.1, 0.15) is 0 Å². The zero-order valence-corrected chi connectivity index (χ0v) is 9.32. The van der Waals surface area contributed by atoms with E-state index in [1.54, 1.807) is 41.4 Å². The lowest BCUT2D eigenvalue weighted by Gasteiger charge is -2.10. The van der Waals surface area contributed by atoms with Crippen molar-refractivity contribution >= 4 is 10.9 Å². The summed E-state index contributed by atoms with van der Waals surface area (Å²) in [7, 11) is 0. The molecule has 0 fully saturated rings. The van der Waals surface area contributed by atoms with E-state index in [0.717, 1.165) is 0 Å². The highest BCUT2D eigenvalue weighted by atomic mass is 16.3. The lowest BCUT2D eigenvalue weighted by atomic mass is 10.2. The Morgan fingerprint density at radius 3 is 2.89 bits per heavy atom. The molecule has 0 saturated heterocycles. The Morgan fingerprint density at radius 1 is 1.17 bits per heavy atom. The Kier molecular flexibility index (Phi) is 2.30. The maximum atomic E-state index is 11.7. The van der Waals surface area contributed by atoms with Crippen molar-refractivity contribution in [2.45, 2.75) is 0 Å². The monoisotopic (exact) mass is 239 g/mol. The molecule has 0 aliphatic rings. The van der Waals surface area contributed by atoms with Crippen LogP contribution in [0.25, 0.3) is 16.7 Å². The third-order valence-corrected chi connectivity index (χ3v) is 2.69. The van der Waals surface area contributed by atoms with Gasteiger partial charge in [0.1, 0.15) is 0 Å². The number of nitrogens with zero attached hydrogens (tertiary/aromatic N) is 3. The molecule has 3 aromatic rings. The number of rotatable bonds is 1. The molecule has 0 aliphatic carbocycles. The fourth-order valence-electron chi connectivity index (χ4n) is 1.86. The largest absolute Gasteiger partial charge is 0.504 e. The van der Waals surface area contributed by atoms with Crippen LogP contribution in [-0.4, -0.2) is 19.6 Å². The van der Waals surface area contributed by atoms with Crippen LogP contribution in [0.15, 0.2) is 53.8 Å². The molecule has 0 atom stereocenters. The third kappa shape index (κ3) is 1.53. The van der Waals surface area contributed by atoms with Gasteiger partial charge in [-0.1, -0.05) is 0 Å². The van der Waals surface area contributed by atoms with E-state index in [2.05, 4.69) is 9.97 Å². The first-order valence-corrected chi connectivity index (χ1v) is 5.37. The van der Waals surface area contributed by atoms with E-state index in [1.807, 2.05) is 0 Å². The Balaban J connectivity index is 2.41. The summed E-state index contributed by atoms with van der Waals surface area (Å²) in [5.74, 6) is 0.438. The standard InChI is InChI=1S/C13H9N3O2/c17-11-4-7-16(10-3-6-14-8-9(10)11)13-12(18)2-1-5-15-13/h1-8,18H. The molecule has 0 bridgehead atoms. The first kappa shape index (κ1) is 10.5. The molecule has 5 heteroatoms. The molecule has 0 aliphatic heterocycles. The van der Waals surface area contributed by atoms with Gasteiger partial charge in [-0.15, -0.1) is 0 Å². The number of aromatic hydroxyl groups is 1. The van der Waals surface area contributed by atoms with Crippen LogP contribution in [0.3, 0.4) is 0 Å². The second kappa shape index (κ2) is 3.96. The zero-order valence-electron chi connectivity index (χ0n) is 9.32. The Morgan fingerprint density at radius 2 is 2.06 bits per heavy atom. The SMILES string of the molecule is O=c1ccn(-c2ncccc2O)c2ccncc12. The number of pyridine rings is 3. The highest BCUT2D eigenvalue weighted by Gasteiger charge is 2.08. The van der Waals surface area contributed by atoms with Crippen LogP contribution in [0.2, 0.25) is 0 Å². The first-order valence-electron chi connectivity index (χ1n) is 5.37. The minimum atomic E-state index is -0.107. The van der Waals surface area contributed by atoms with Crippen molar-refractivity contribution < 1.29 is 5.11 Å². The minimum absolute atomic E-state index is 0.0549. The number of hydrogen-bond donors (Lipinski definition) is 1. The van der Waals surface area contributed by atoms with E-state index in [9.17, 15) is 9.90 Å². The van der Waals surface area contributed by atoms with Gasteiger partial charge in [0.05, 0.1) is 10.9 Å². The van der Waals surface area contributed by atoms with Crippen molar-refractivity contribution in [1.82, 2.24) is 14.5 Å². The fraction of sp³-hybridized carbons (Fsp3) is 0. The molecule has 0 radical (unpaired) electrons. The van der Waals surface area contributed by atoms with Crippen molar-refractivity contribution in [1.29, 1.82) is 0 Å². The smallest absolute Gasteiger partial charge is 0.190 e. The molecule has 0 unspecified atom stereocenters. The Labute approximate surface area is 102 Å². The summed E-state index contributed by atoms with van der Waals surface area (Å²) in [6.45, 7) is 0. The zero-order chi connectivity index (χ0) is 12.5. The number of aromatic nitrogens is 3. The topological polar surface area (TPSA) is 68.0 Å². The second-order valence-corrected chi connectivity index (χ2v) is 3.79. The summed E-state index contributed by atoms with van der Waals surface area (Å²) >= 11 is 0. The van der Waals surface area contributed by atoms with Gasteiger partial charge in [-0.25, -0.2) is 4.98 Å². The van der Waals surface area contributed by atoms with E-state index in [0.29, 0.717) is 16.7 Å². The van der Waals surface area contributed by atoms with E-state index in [1.165, 1.54) is 12.3 Å². The highest BCUT2D eigenvalue weighted by Crippen LogP contribution is 2.21. The van der Waals surface area contributed by atoms with Crippen molar-refractivity contribution in [3.63, 3.8) is 0 Å². The van der Waals surface area contributed by atoms with Crippen molar-refractivity contribution in [3.05, 3.63) is 59.3 Å². The van der Waals surface area contributed by atoms with E-state index < -0.39 is 0 Å². The van der Waals surface area contributed by atoms with Crippen LogP contribution < -0.4 is 5.43 Å². The number of hydrogen-bond acceptors (Lipinski definition) is 4. The summed E-state index contributed by atoms with van der Waals surface area (Å²) in [5, 5.41) is 10.3. The summed E-state index contributed by atoms with van der Waals surface area (Å²) in [5.41, 5.74) is 0.552. The summed E-state index contributed by atoms with van der Waals surface area (Å²) in [4.78, 5) is 19.8. The van der Waals surface area contributed by atoms with Gasteiger partial charge in [-0.3, -0.25) is 14.3 Å². The van der Waals surface area contributed by atoms with Crippen LogP contribution in [0, 0.1) is 0 Å². The molecule has 0 aromatic carbocycles. The fourth-order valence-corrected chi connectivity index (χ4v) is 1.86. The highest BCUT2D eigenvalue weighted by molar-refractivity contribution is 5.79. The van der Waals surface area contributed by atoms with Crippen LogP contribution in [0.5, 0.6) is 5.75 Å². The molecule has 1 N–H and O–H groups in total. The average Bonchev–Trinajstić information content (AvgIpc) is 2.41. The van der Waals surface area contributed by atoms with Gasteiger partial charge >= 0.3 is 0 Å². The molecule has 3 aromatic heterocycles. The normalized spacial score (nSPS) is 10.7. The molecular formula is C13H9N3O2. The van der Waals surface area contributed by atoms with Gasteiger partial charge in [0.2, 0.25) is 0 Å². The lowest BCUT2D eigenvalue weighted by molar-refractivity contribution is 0.469. The van der Waals surface area contributed by atoms with Gasteiger partial charge in [0, 0.05) is 30.9 Å². The quantitative estimate of drug-likeness (QED) is 0.698. The van der Waals surface area contributed by atoms with E-state index >= 15 is 0 Å². The molecule has 5 nitrogen and oxygen atoms in total. The van der Waals surface area contributed by atoms with E-state index in [-0.39, 0.29) is 11.2 Å². The van der Waals surface area contributed by atoms with Gasteiger partial charge in [-0.05, 0) is 18.2 Å². The first-order chi connectivity index (χ1) is 8.77. The lowest BCUT2D eigenvalue weighted by Crippen LogP contribution is -2.07. The number of fused-ring (bicyclic) bond motifs is 1.